The molecule has 0 bridgehead atoms. The molecule has 0 saturated carbocycles. The van der Waals surface area contributed by atoms with E-state index in [2.05, 4.69) is 15.9 Å². The van der Waals surface area contributed by atoms with Crippen molar-refractivity contribution in [1.82, 2.24) is 0 Å². The molecule has 1 aromatic carbocycles. The van der Waals surface area contributed by atoms with Gasteiger partial charge in [0.05, 0.1) is 13.2 Å². The van der Waals surface area contributed by atoms with Gasteiger partial charge in [-0.3, -0.25) is 0 Å². The number of benzene rings is 1. The highest BCUT2D eigenvalue weighted by atomic mass is 79.9. The fraction of sp³-hybridized carbons (Fsp3) is 0.400. The highest BCUT2D eigenvalue weighted by Crippen LogP contribution is 2.16. The number of ether oxygens (including phenoxy) is 3. The average molecular weight is 259 g/mol. The lowest BCUT2D eigenvalue weighted by Crippen LogP contribution is -2.18. The van der Waals surface area contributed by atoms with Crippen molar-refractivity contribution < 1.29 is 14.2 Å². The van der Waals surface area contributed by atoms with Gasteiger partial charge in [0.2, 0.25) is 0 Å². The number of halogens is 1. The lowest BCUT2D eigenvalue weighted by molar-refractivity contribution is -0.0684. The Hall–Kier alpha value is -0.580. The van der Waals surface area contributed by atoms with E-state index in [1.807, 2.05) is 24.3 Å². The summed E-state index contributed by atoms with van der Waals surface area (Å²) in [5.41, 5.74) is 0. The Balaban J connectivity index is 1.82. The van der Waals surface area contributed by atoms with Crippen LogP contribution < -0.4 is 4.74 Å². The molecule has 0 spiro atoms. The van der Waals surface area contributed by atoms with Gasteiger partial charge in [-0.15, -0.1) is 0 Å². The fourth-order valence-corrected chi connectivity index (χ4v) is 1.46. The molecule has 1 aromatic rings. The largest absolute Gasteiger partial charge is 0.488 e. The monoisotopic (exact) mass is 258 g/mol. The van der Waals surface area contributed by atoms with Crippen molar-refractivity contribution >= 4 is 15.9 Å². The molecule has 3 nitrogen and oxygen atoms in total. The van der Waals surface area contributed by atoms with Gasteiger partial charge < -0.3 is 14.2 Å². The zero-order valence-electron chi connectivity index (χ0n) is 7.61. The molecule has 0 aliphatic carbocycles. The van der Waals surface area contributed by atoms with Gasteiger partial charge in [-0.2, -0.15) is 0 Å². The van der Waals surface area contributed by atoms with Crippen molar-refractivity contribution in [3.63, 3.8) is 0 Å². The third kappa shape index (κ3) is 2.70. The van der Waals surface area contributed by atoms with Gasteiger partial charge in [-0.25, -0.2) is 0 Å². The van der Waals surface area contributed by atoms with Gasteiger partial charge in [0, 0.05) is 4.47 Å². The maximum atomic E-state index is 5.47. The maximum Gasteiger partial charge on any atom is 0.191 e. The van der Waals surface area contributed by atoms with Crippen LogP contribution in [-0.2, 0) is 9.47 Å². The van der Waals surface area contributed by atoms with Gasteiger partial charge in [0.1, 0.15) is 12.4 Å². The lowest BCUT2D eigenvalue weighted by atomic mass is 10.3. The van der Waals surface area contributed by atoms with Crippen molar-refractivity contribution in [1.29, 1.82) is 0 Å². The molecule has 1 aliphatic rings. The second-order valence-electron chi connectivity index (χ2n) is 2.94. The van der Waals surface area contributed by atoms with Crippen LogP contribution >= 0.6 is 15.9 Å². The summed E-state index contributed by atoms with van der Waals surface area (Å²) in [6, 6.07) is 7.68. The van der Waals surface area contributed by atoms with E-state index in [0.29, 0.717) is 19.8 Å². The highest BCUT2D eigenvalue weighted by molar-refractivity contribution is 9.10. The first-order valence-corrected chi connectivity index (χ1v) is 5.25. The Bertz CT molecular complexity index is 280. The first-order chi connectivity index (χ1) is 6.84. The Morgan fingerprint density at radius 3 is 2.50 bits per heavy atom. The minimum absolute atomic E-state index is 0.210. The molecule has 1 heterocycles. The molecule has 0 amide bonds. The molecule has 14 heavy (non-hydrogen) atoms. The molecule has 0 unspecified atom stereocenters. The molecule has 0 atom stereocenters. The first-order valence-electron chi connectivity index (χ1n) is 4.46. The van der Waals surface area contributed by atoms with Crippen molar-refractivity contribution in [2.75, 3.05) is 19.8 Å². The van der Waals surface area contributed by atoms with Crippen LogP contribution in [0.25, 0.3) is 0 Å². The van der Waals surface area contributed by atoms with Crippen LogP contribution in [0.4, 0.5) is 0 Å². The maximum absolute atomic E-state index is 5.47. The molecule has 2 rings (SSSR count). The van der Waals surface area contributed by atoms with E-state index in [1.165, 1.54) is 0 Å². The quantitative estimate of drug-likeness (QED) is 0.832. The summed E-state index contributed by atoms with van der Waals surface area (Å²) in [6.45, 7) is 1.77. The second-order valence-corrected chi connectivity index (χ2v) is 3.85. The van der Waals surface area contributed by atoms with Crippen LogP contribution in [0.2, 0.25) is 0 Å². The summed E-state index contributed by atoms with van der Waals surface area (Å²) < 4.78 is 17.0. The molecule has 0 N–H and O–H groups in total. The van der Waals surface area contributed by atoms with Crippen molar-refractivity contribution in [2.45, 2.75) is 6.29 Å². The smallest absolute Gasteiger partial charge is 0.191 e. The van der Waals surface area contributed by atoms with Gasteiger partial charge in [0.15, 0.2) is 6.29 Å². The molecular weight excluding hydrogens is 248 g/mol. The van der Waals surface area contributed by atoms with Crippen molar-refractivity contribution in [2.24, 2.45) is 0 Å². The molecule has 0 aromatic heterocycles. The third-order valence-corrected chi connectivity index (χ3v) is 2.42. The fourth-order valence-electron chi connectivity index (χ4n) is 1.20. The predicted octanol–water partition coefficient (Wildman–Crippen LogP) is 2.20. The summed E-state index contributed by atoms with van der Waals surface area (Å²) >= 11 is 3.36. The van der Waals surface area contributed by atoms with E-state index in [4.69, 9.17) is 14.2 Å². The standard InChI is InChI=1S/C10H11BrO3/c11-8-1-3-9(4-2-8)14-7-10-12-5-6-13-10/h1-4,10H,5-7H2. The Morgan fingerprint density at radius 2 is 1.86 bits per heavy atom. The zero-order chi connectivity index (χ0) is 9.80. The summed E-state index contributed by atoms with van der Waals surface area (Å²) in [7, 11) is 0. The van der Waals surface area contributed by atoms with Crippen LogP contribution in [0.3, 0.4) is 0 Å². The van der Waals surface area contributed by atoms with Crippen LogP contribution in [0.15, 0.2) is 28.7 Å². The van der Waals surface area contributed by atoms with Crippen molar-refractivity contribution in [3.8, 4) is 5.75 Å². The normalized spacial score (nSPS) is 17.2. The second kappa shape index (κ2) is 4.77. The van der Waals surface area contributed by atoms with E-state index in [9.17, 15) is 0 Å². The van der Waals surface area contributed by atoms with Gasteiger partial charge in [-0.1, -0.05) is 15.9 Å². The molecule has 1 aliphatic heterocycles. The average Bonchev–Trinajstić information content (AvgIpc) is 2.70. The Labute approximate surface area is 91.1 Å². The molecule has 76 valence electrons. The molecular formula is C10H11BrO3. The Kier molecular flexibility index (Phi) is 3.39. The number of rotatable bonds is 3. The SMILES string of the molecule is Brc1ccc(OCC2OCCO2)cc1. The van der Waals surface area contributed by atoms with E-state index in [0.717, 1.165) is 10.2 Å². The lowest BCUT2D eigenvalue weighted by Gasteiger charge is -2.10. The molecule has 0 radical (unpaired) electrons. The summed E-state index contributed by atoms with van der Waals surface area (Å²) in [4.78, 5) is 0. The molecule has 1 saturated heterocycles. The van der Waals surface area contributed by atoms with Crippen molar-refractivity contribution in [3.05, 3.63) is 28.7 Å². The van der Waals surface area contributed by atoms with Gasteiger partial charge in [0.25, 0.3) is 0 Å². The van der Waals surface area contributed by atoms with Gasteiger partial charge in [-0.05, 0) is 24.3 Å². The van der Waals surface area contributed by atoms with Gasteiger partial charge >= 0.3 is 0 Å². The third-order valence-electron chi connectivity index (χ3n) is 1.89. The van der Waals surface area contributed by atoms with Crippen LogP contribution in [0.1, 0.15) is 0 Å². The van der Waals surface area contributed by atoms with Crippen LogP contribution in [-0.4, -0.2) is 26.1 Å². The van der Waals surface area contributed by atoms with Crippen LogP contribution in [0, 0.1) is 0 Å². The van der Waals surface area contributed by atoms with E-state index in [-0.39, 0.29) is 6.29 Å². The first kappa shape index (κ1) is 9.96. The summed E-state index contributed by atoms with van der Waals surface area (Å²) in [5, 5.41) is 0. The molecule has 1 fully saturated rings. The molecule has 4 heteroatoms. The highest BCUT2D eigenvalue weighted by Gasteiger charge is 2.16. The zero-order valence-corrected chi connectivity index (χ0v) is 9.20. The van der Waals surface area contributed by atoms with E-state index < -0.39 is 0 Å². The predicted molar refractivity (Wildman–Crippen MR) is 55.3 cm³/mol. The summed E-state index contributed by atoms with van der Waals surface area (Å²) in [5.74, 6) is 0.826. The number of hydrogen-bond donors (Lipinski definition) is 0. The minimum Gasteiger partial charge on any atom is -0.488 e. The van der Waals surface area contributed by atoms with Crippen LogP contribution in [0.5, 0.6) is 5.75 Å². The minimum atomic E-state index is -0.210. The topological polar surface area (TPSA) is 27.7 Å². The van der Waals surface area contributed by atoms with E-state index >= 15 is 0 Å². The van der Waals surface area contributed by atoms with E-state index in [1.54, 1.807) is 0 Å². The Morgan fingerprint density at radius 1 is 1.21 bits per heavy atom. The number of hydrogen-bond acceptors (Lipinski definition) is 3. The summed E-state index contributed by atoms with van der Waals surface area (Å²) in [6.07, 6.45) is -0.210.